The first-order valence-electron chi connectivity index (χ1n) is 24.0. The molecule has 1 unspecified atom stereocenters. The molecule has 73 heavy (non-hydrogen) atoms. The Morgan fingerprint density at radius 3 is 1.84 bits per heavy atom. The fraction of sp³-hybridized carbons (Fsp3) is 0.304. The second-order valence-electron chi connectivity index (χ2n) is 18.0. The van der Waals surface area contributed by atoms with Gasteiger partial charge in [0.15, 0.2) is 18.4 Å². The van der Waals surface area contributed by atoms with E-state index in [0.29, 0.717) is 28.2 Å². The Hall–Kier alpha value is -7.04. The number of carbonyl (C=O) groups is 3. The maximum Gasteiger partial charge on any atom is 0.338 e. The number of ether oxygens (including phenoxy) is 5. The van der Waals surface area contributed by atoms with Crippen molar-refractivity contribution < 1.29 is 47.1 Å². The Balaban J connectivity index is 1.30. The number of rotatable bonds is 21. The van der Waals surface area contributed by atoms with E-state index in [-0.39, 0.29) is 60.5 Å². The molecule has 1 aromatic heterocycles. The van der Waals surface area contributed by atoms with Crippen LogP contribution in [0.4, 0.5) is 0 Å². The molecule has 380 valence electrons. The number of hydrogen-bond acceptors (Lipinski definition) is 13. The predicted octanol–water partition coefficient (Wildman–Crippen LogP) is 8.46. The van der Waals surface area contributed by atoms with Gasteiger partial charge in [0.1, 0.15) is 23.2 Å². The number of methoxy groups -OCH3 is 2. The number of esters is 1. The number of aromatic nitrogens is 2. The number of H-pyrrole nitrogens is 1. The molecule has 3 heterocycles. The average molecular weight is 1010 g/mol. The van der Waals surface area contributed by atoms with Gasteiger partial charge in [0.05, 0.1) is 44.1 Å². The van der Waals surface area contributed by atoms with E-state index < -0.39 is 67.7 Å². The van der Waals surface area contributed by atoms with Crippen LogP contribution in [-0.2, 0) is 35.3 Å². The molecule has 0 spiro atoms. The van der Waals surface area contributed by atoms with E-state index in [4.69, 9.17) is 32.7 Å². The lowest BCUT2D eigenvalue weighted by Crippen LogP contribution is -2.58. The zero-order chi connectivity index (χ0) is 51.8. The van der Waals surface area contributed by atoms with Crippen LogP contribution in [0.5, 0.6) is 11.5 Å². The number of imide groups is 1. The molecule has 2 aliphatic heterocycles. The Morgan fingerprint density at radius 1 is 0.767 bits per heavy atom. The largest absolute Gasteiger partial charge is 0.497 e. The molecule has 0 bridgehead atoms. The van der Waals surface area contributed by atoms with Crippen LogP contribution in [0.25, 0.3) is 0 Å². The standard InChI is InChI=1S/C56H59N4O12P/c1-8-33-69-73(60(36(2)3)37(4)5)72-49-48(70-54(64)38-17-11-9-12-18-38)47(71-56(40-19-13-10-14-20-40,41-23-27-43(66-6)28-24-41)42-25-29-44(67-7)30-26-42)35-68-53(49)59-34-39(50(61)57-55(59)65)31-32-58-51(62)45-21-15-16-22-46(45)52(58)63/h8-30,34,36-37,47-49,53H,1,31-33,35H2,2-7H3,(H,57,61,65)/t47-,48-,49-,53-,73?/m1/s1. The van der Waals surface area contributed by atoms with Crippen molar-refractivity contribution in [2.75, 3.05) is 34.0 Å². The molecule has 2 aliphatic rings. The van der Waals surface area contributed by atoms with Gasteiger partial charge in [0.25, 0.3) is 25.9 Å². The van der Waals surface area contributed by atoms with Crippen molar-refractivity contribution in [1.29, 1.82) is 0 Å². The summed E-state index contributed by atoms with van der Waals surface area (Å²) >= 11 is 0. The smallest absolute Gasteiger partial charge is 0.338 e. The average Bonchev–Trinajstić information content (AvgIpc) is 3.65. The molecule has 5 atom stereocenters. The maximum absolute atomic E-state index is 14.7. The summed E-state index contributed by atoms with van der Waals surface area (Å²) in [5.74, 6) is -0.493. The summed E-state index contributed by atoms with van der Waals surface area (Å²) < 4.78 is 49.2. The van der Waals surface area contributed by atoms with Gasteiger partial charge in [-0.2, -0.15) is 0 Å². The molecule has 1 saturated heterocycles. The van der Waals surface area contributed by atoms with Gasteiger partial charge in [-0.15, -0.1) is 6.58 Å². The first-order valence-corrected chi connectivity index (χ1v) is 25.1. The van der Waals surface area contributed by atoms with Crippen molar-refractivity contribution in [3.8, 4) is 11.5 Å². The zero-order valence-electron chi connectivity index (χ0n) is 41.5. The molecular weight excluding hydrogens is 952 g/mol. The Bertz CT molecular complexity index is 2910. The van der Waals surface area contributed by atoms with Crippen LogP contribution in [0, 0.1) is 0 Å². The van der Waals surface area contributed by atoms with Gasteiger partial charge in [0, 0.05) is 30.4 Å². The molecule has 1 fully saturated rings. The van der Waals surface area contributed by atoms with E-state index in [1.807, 2.05) is 111 Å². The highest BCUT2D eigenvalue weighted by Crippen LogP contribution is 2.51. The second-order valence-corrected chi connectivity index (χ2v) is 19.4. The molecule has 17 heteroatoms. The number of benzene rings is 5. The molecule has 0 radical (unpaired) electrons. The molecule has 0 aliphatic carbocycles. The fourth-order valence-electron chi connectivity index (χ4n) is 9.29. The van der Waals surface area contributed by atoms with Gasteiger partial charge in [-0.1, -0.05) is 91.0 Å². The quantitative estimate of drug-likeness (QED) is 0.0239. The van der Waals surface area contributed by atoms with Crippen LogP contribution >= 0.6 is 8.53 Å². The summed E-state index contributed by atoms with van der Waals surface area (Å²) in [4.78, 5) is 72.9. The van der Waals surface area contributed by atoms with Crippen LogP contribution in [-0.4, -0.2) is 101 Å². The maximum atomic E-state index is 14.7. The van der Waals surface area contributed by atoms with E-state index in [1.165, 1.54) is 10.8 Å². The van der Waals surface area contributed by atoms with Gasteiger partial charge in [-0.05, 0) is 99.3 Å². The van der Waals surface area contributed by atoms with E-state index in [1.54, 1.807) is 74.9 Å². The van der Waals surface area contributed by atoms with Crippen LogP contribution in [0.1, 0.15) is 87.3 Å². The number of carbonyl (C=O) groups excluding carboxylic acids is 3. The molecule has 5 aromatic carbocycles. The normalized spacial score (nSPS) is 18.2. The molecule has 6 aromatic rings. The third-order valence-electron chi connectivity index (χ3n) is 12.7. The first kappa shape index (κ1) is 52.3. The third kappa shape index (κ3) is 11.0. The van der Waals surface area contributed by atoms with Crippen molar-refractivity contribution in [2.45, 2.75) is 76.3 Å². The van der Waals surface area contributed by atoms with Gasteiger partial charge in [0.2, 0.25) is 0 Å². The van der Waals surface area contributed by atoms with Crippen molar-refractivity contribution in [1.82, 2.24) is 19.1 Å². The summed E-state index contributed by atoms with van der Waals surface area (Å²) in [5, 5.41) is 0. The lowest BCUT2D eigenvalue weighted by atomic mass is 9.79. The van der Waals surface area contributed by atoms with E-state index in [2.05, 4.69) is 11.6 Å². The minimum Gasteiger partial charge on any atom is -0.497 e. The number of nitrogens with zero attached hydrogens (tertiary/aromatic N) is 3. The third-order valence-corrected chi connectivity index (χ3v) is 14.8. The van der Waals surface area contributed by atoms with Crippen molar-refractivity contribution in [3.05, 3.63) is 212 Å². The second kappa shape index (κ2) is 23.2. The van der Waals surface area contributed by atoms with Crippen LogP contribution < -0.4 is 20.7 Å². The molecule has 16 nitrogen and oxygen atoms in total. The molecule has 0 saturated carbocycles. The predicted molar refractivity (Wildman–Crippen MR) is 275 cm³/mol. The lowest BCUT2D eigenvalue weighted by Gasteiger charge is -2.47. The Morgan fingerprint density at radius 2 is 1.30 bits per heavy atom. The first-order chi connectivity index (χ1) is 35.3. The SMILES string of the molecule is C=CCOP(O[C@@H]1[C@H](OC(=O)c2ccccc2)[C@H](OC(c2ccccc2)(c2ccc(OC)cc2)c2ccc(OC)cc2)CO[C@H]1n1cc(CCN2C(=O)c3ccccc3C2=O)c(=O)[nH]c1=O)N(C(C)C)C(C)C. The summed E-state index contributed by atoms with van der Waals surface area (Å²) in [5.41, 5.74) is -0.165. The monoisotopic (exact) mass is 1010 g/mol. The van der Waals surface area contributed by atoms with Gasteiger partial charge >= 0.3 is 11.7 Å². The fourth-order valence-corrected chi connectivity index (χ4v) is 11.0. The Kier molecular flexibility index (Phi) is 16.6. The topological polar surface area (TPSA) is 177 Å². The van der Waals surface area contributed by atoms with E-state index in [0.717, 1.165) is 4.90 Å². The zero-order valence-corrected chi connectivity index (χ0v) is 42.4. The van der Waals surface area contributed by atoms with Crippen LogP contribution in [0.3, 0.4) is 0 Å². The number of nitrogens with one attached hydrogen (secondary N) is 1. The molecular formula is C56H59N4O12P. The molecule has 2 amide bonds. The summed E-state index contributed by atoms with van der Waals surface area (Å²) in [6, 6.07) is 39.2. The van der Waals surface area contributed by atoms with E-state index in [9.17, 15) is 24.0 Å². The van der Waals surface area contributed by atoms with Crippen LogP contribution in [0.2, 0.25) is 0 Å². The molecule has 1 N–H and O–H groups in total. The van der Waals surface area contributed by atoms with Crippen molar-refractivity contribution in [2.24, 2.45) is 0 Å². The van der Waals surface area contributed by atoms with Crippen molar-refractivity contribution >= 4 is 26.3 Å². The van der Waals surface area contributed by atoms with Gasteiger partial charge in [-0.3, -0.25) is 28.8 Å². The number of fused-ring (bicyclic) bond motifs is 1. The van der Waals surface area contributed by atoms with Gasteiger partial charge < -0.3 is 32.7 Å². The minimum atomic E-state index is -2.08. The number of hydrogen-bond donors (Lipinski definition) is 1. The van der Waals surface area contributed by atoms with Gasteiger partial charge in [-0.25, -0.2) is 14.3 Å². The molecule has 8 rings (SSSR count). The highest BCUT2D eigenvalue weighted by atomic mass is 31.2. The summed E-state index contributed by atoms with van der Waals surface area (Å²) in [6.45, 7) is 11.5. The number of aromatic amines is 1. The van der Waals surface area contributed by atoms with E-state index >= 15 is 0 Å². The Labute approximate surface area is 425 Å². The summed E-state index contributed by atoms with van der Waals surface area (Å²) in [7, 11) is 1.09. The highest BCUT2D eigenvalue weighted by Gasteiger charge is 2.52. The highest BCUT2D eigenvalue weighted by molar-refractivity contribution is 7.44. The summed E-state index contributed by atoms with van der Waals surface area (Å²) in [6.07, 6.45) is -2.58. The van der Waals surface area contributed by atoms with Crippen LogP contribution in [0.15, 0.2) is 162 Å². The van der Waals surface area contributed by atoms with Crippen molar-refractivity contribution in [3.63, 3.8) is 0 Å². The lowest BCUT2D eigenvalue weighted by molar-refractivity contribution is -0.235. The minimum absolute atomic E-state index is 0.0629. The number of amides is 2.